The minimum Gasteiger partial charge on any atom is -0.748 e. The number of halogens is 3. The van der Waals surface area contributed by atoms with Crippen LogP contribution in [0.25, 0.3) is 0 Å². The van der Waals surface area contributed by atoms with Crippen LogP contribution in [0.3, 0.4) is 0 Å². The number of rotatable bonds is 3. The number of benzene rings is 1. The van der Waals surface area contributed by atoms with Crippen LogP contribution < -0.4 is 0 Å². The Balaban J connectivity index is 2.03. The van der Waals surface area contributed by atoms with Gasteiger partial charge in [0.15, 0.2) is 0 Å². The summed E-state index contributed by atoms with van der Waals surface area (Å²) in [7, 11) is -4.24. The highest BCUT2D eigenvalue weighted by Crippen LogP contribution is 2.28. The second-order valence-electron chi connectivity index (χ2n) is 5.05. The number of carbonyl (C=O) groups excluding carboxylic acids is 1. The molecule has 9 heteroatoms. The molecule has 22 heavy (non-hydrogen) atoms. The summed E-state index contributed by atoms with van der Waals surface area (Å²) in [5.41, 5.74) is 0.524. The zero-order valence-electron chi connectivity index (χ0n) is 11.2. The van der Waals surface area contributed by atoms with Crippen molar-refractivity contribution in [2.75, 3.05) is 0 Å². The van der Waals surface area contributed by atoms with Gasteiger partial charge in [-0.15, -0.1) is 0 Å². The molecule has 1 aromatic carbocycles. The van der Waals surface area contributed by atoms with Gasteiger partial charge in [0, 0.05) is 16.0 Å². The maximum absolute atomic E-state index is 12.3. The van der Waals surface area contributed by atoms with Crippen LogP contribution in [0.5, 0.6) is 0 Å². The lowest BCUT2D eigenvalue weighted by Gasteiger charge is -2.29. The second kappa shape index (κ2) is 7.78. The summed E-state index contributed by atoms with van der Waals surface area (Å²) in [6.45, 7) is 0. The molecule has 0 saturated heterocycles. The molecule has 1 fully saturated rings. The van der Waals surface area contributed by atoms with Crippen molar-refractivity contribution in [3.05, 3.63) is 28.4 Å². The van der Waals surface area contributed by atoms with Crippen molar-refractivity contribution in [1.29, 1.82) is 0 Å². The van der Waals surface area contributed by atoms with Gasteiger partial charge in [0.1, 0.15) is 6.10 Å². The van der Waals surface area contributed by atoms with Gasteiger partial charge >= 0.3 is 5.97 Å². The van der Waals surface area contributed by atoms with Crippen molar-refractivity contribution in [3.63, 3.8) is 0 Å². The Bertz CT molecular complexity index is 681. The van der Waals surface area contributed by atoms with E-state index in [0.717, 1.165) is 10.7 Å². The largest absolute Gasteiger partial charge is 0.748 e. The zero-order chi connectivity index (χ0) is 16.5. The Kier molecular flexibility index (Phi) is 6.76. The van der Waals surface area contributed by atoms with Crippen LogP contribution in [0, 0.1) is 10.7 Å². The predicted molar refractivity (Wildman–Crippen MR) is 106 cm³/mol. The second-order valence-corrected chi connectivity index (χ2v) is 10.2. The molecule has 5 nitrogen and oxygen atoms in total. The summed E-state index contributed by atoms with van der Waals surface area (Å²) in [5, 5.41) is -0.846. The number of hydrogen-bond acceptors (Lipinski definition) is 5. The number of ether oxygens (including phenoxy) is 1. The molecule has 0 amide bonds. The molecule has 0 radical (unpaired) electrons. The zero-order valence-corrected chi connectivity index (χ0v) is 18.5. The SMILES string of the molecule is O=C(OC1CCC(S(=O)(=O)[O-])CC1)c1cc(I)cc(I)c1I. The van der Waals surface area contributed by atoms with E-state index in [1.807, 2.05) is 6.07 Å². The van der Waals surface area contributed by atoms with Crippen LogP contribution in [0.2, 0.25) is 0 Å². The topological polar surface area (TPSA) is 83.5 Å². The summed E-state index contributed by atoms with van der Waals surface area (Å²) in [4.78, 5) is 12.3. The van der Waals surface area contributed by atoms with E-state index in [1.165, 1.54) is 0 Å². The van der Waals surface area contributed by atoms with E-state index in [9.17, 15) is 17.8 Å². The Labute approximate surface area is 170 Å². The first-order valence-electron chi connectivity index (χ1n) is 6.48. The molecule has 2 rings (SSSR count). The van der Waals surface area contributed by atoms with E-state index >= 15 is 0 Å². The van der Waals surface area contributed by atoms with Crippen molar-refractivity contribution < 1.29 is 22.5 Å². The third-order valence-electron chi connectivity index (χ3n) is 3.52. The molecular weight excluding hydrogens is 649 g/mol. The first-order valence-corrected chi connectivity index (χ1v) is 11.2. The first kappa shape index (κ1) is 19.1. The van der Waals surface area contributed by atoms with Gasteiger partial charge in [0.25, 0.3) is 0 Å². The molecule has 0 atom stereocenters. The lowest BCUT2D eigenvalue weighted by molar-refractivity contribution is 0.0211. The van der Waals surface area contributed by atoms with E-state index in [4.69, 9.17) is 4.74 Å². The van der Waals surface area contributed by atoms with Crippen LogP contribution in [-0.4, -0.2) is 30.3 Å². The van der Waals surface area contributed by atoms with E-state index in [1.54, 1.807) is 6.07 Å². The summed E-state index contributed by atoms with van der Waals surface area (Å²) >= 11 is 6.43. The lowest BCUT2D eigenvalue weighted by atomic mass is 9.97. The number of hydrogen-bond donors (Lipinski definition) is 0. The van der Waals surface area contributed by atoms with Crippen LogP contribution in [0.15, 0.2) is 12.1 Å². The van der Waals surface area contributed by atoms with Gasteiger partial charge in [-0.2, -0.15) is 0 Å². The first-order chi connectivity index (χ1) is 10.2. The van der Waals surface area contributed by atoms with Gasteiger partial charge in [0.2, 0.25) is 0 Å². The highest BCUT2D eigenvalue weighted by molar-refractivity contribution is 14.1. The Hall–Kier alpha value is 0.790. The highest BCUT2D eigenvalue weighted by Gasteiger charge is 2.28. The van der Waals surface area contributed by atoms with E-state index in [2.05, 4.69) is 67.8 Å². The fourth-order valence-electron chi connectivity index (χ4n) is 2.36. The minimum atomic E-state index is -4.24. The summed E-state index contributed by atoms with van der Waals surface area (Å²) in [6, 6.07) is 3.75. The normalized spacial score (nSPS) is 22.4. The van der Waals surface area contributed by atoms with Gasteiger partial charge in [-0.05, 0) is 106 Å². The summed E-state index contributed by atoms with van der Waals surface area (Å²) < 4.78 is 41.2. The molecule has 1 aliphatic rings. The Morgan fingerprint density at radius 1 is 1.14 bits per heavy atom. The van der Waals surface area contributed by atoms with Crippen molar-refractivity contribution in [3.8, 4) is 0 Å². The molecule has 0 bridgehead atoms. The molecule has 1 aromatic rings. The molecule has 0 aromatic heterocycles. The van der Waals surface area contributed by atoms with Gasteiger partial charge in [-0.3, -0.25) is 0 Å². The predicted octanol–water partition coefficient (Wildman–Crippen LogP) is 3.51. The van der Waals surface area contributed by atoms with Crippen LogP contribution in [0.1, 0.15) is 36.0 Å². The van der Waals surface area contributed by atoms with Gasteiger partial charge in [-0.1, -0.05) is 0 Å². The average molecular weight is 661 g/mol. The molecule has 0 spiro atoms. The molecule has 122 valence electrons. The van der Waals surface area contributed by atoms with Gasteiger partial charge < -0.3 is 9.29 Å². The quantitative estimate of drug-likeness (QED) is 0.215. The van der Waals surface area contributed by atoms with Crippen molar-refractivity contribution in [2.45, 2.75) is 37.0 Å². The summed E-state index contributed by atoms with van der Waals surface area (Å²) in [5.74, 6) is -0.394. The lowest BCUT2D eigenvalue weighted by Crippen LogP contribution is -2.31. The minimum absolute atomic E-state index is 0.255. The van der Waals surface area contributed by atoms with E-state index in [0.29, 0.717) is 18.4 Å². The van der Waals surface area contributed by atoms with Gasteiger partial charge in [-0.25, -0.2) is 13.2 Å². The van der Waals surface area contributed by atoms with Crippen molar-refractivity contribution in [2.24, 2.45) is 0 Å². The Morgan fingerprint density at radius 3 is 2.27 bits per heavy atom. The number of esters is 1. The Morgan fingerprint density at radius 2 is 1.73 bits per heavy atom. The van der Waals surface area contributed by atoms with Crippen LogP contribution in [0.4, 0.5) is 0 Å². The maximum Gasteiger partial charge on any atom is 0.339 e. The van der Waals surface area contributed by atoms with Crippen LogP contribution in [-0.2, 0) is 14.9 Å². The van der Waals surface area contributed by atoms with E-state index in [-0.39, 0.29) is 18.9 Å². The third kappa shape index (κ3) is 4.89. The molecule has 1 aliphatic carbocycles. The third-order valence-corrected chi connectivity index (χ3v) is 8.47. The van der Waals surface area contributed by atoms with Crippen molar-refractivity contribution in [1.82, 2.24) is 0 Å². The molecule has 1 saturated carbocycles. The molecule has 0 N–H and O–H groups in total. The number of carbonyl (C=O) groups is 1. The molecular formula is C13H12I3O5S-. The maximum atomic E-state index is 12.3. The standard InChI is InChI=1S/C13H13I3O5S/c14-7-5-10(12(16)11(15)6-7)13(17)21-8-1-3-9(4-2-8)22(18,19)20/h5-6,8-9H,1-4H2,(H,18,19,20)/p-1. The fraction of sp³-hybridized carbons (Fsp3) is 0.462. The van der Waals surface area contributed by atoms with Crippen molar-refractivity contribution >= 4 is 83.9 Å². The smallest absolute Gasteiger partial charge is 0.339 e. The highest BCUT2D eigenvalue weighted by atomic mass is 127. The summed E-state index contributed by atoms with van der Waals surface area (Å²) in [6.07, 6.45) is 1.01. The monoisotopic (exact) mass is 661 g/mol. The fourth-order valence-corrected chi connectivity index (χ4v) is 5.58. The van der Waals surface area contributed by atoms with Gasteiger partial charge in [0.05, 0.1) is 15.7 Å². The molecule has 0 heterocycles. The molecule has 0 aliphatic heterocycles. The van der Waals surface area contributed by atoms with Crippen LogP contribution >= 0.6 is 67.8 Å². The molecule has 0 unspecified atom stereocenters. The van der Waals surface area contributed by atoms with E-state index < -0.39 is 21.3 Å². The average Bonchev–Trinajstić information content (AvgIpc) is 2.42.